The van der Waals surface area contributed by atoms with Gasteiger partial charge in [0.05, 0.1) is 5.69 Å². The van der Waals surface area contributed by atoms with E-state index in [-0.39, 0.29) is 22.6 Å². The predicted molar refractivity (Wildman–Crippen MR) is 163 cm³/mol. The van der Waals surface area contributed by atoms with E-state index in [9.17, 15) is 9.59 Å². The van der Waals surface area contributed by atoms with E-state index in [4.69, 9.17) is 4.74 Å². The summed E-state index contributed by atoms with van der Waals surface area (Å²) in [7, 11) is 0. The molecule has 4 heteroatoms. The zero-order valence-corrected chi connectivity index (χ0v) is 23.8. The van der Waals surface area contributed by atoms with Crippen LogP contribution in [-0.2, 0) is 10.8 Å². The number of rotatable bonds is 3. The highest BCUT2D eigenvalue weighted by atomic mass is 16.5. The third-order valence-electron chi connectivity index (χ3n) is 7.73. The summed E-state index contributed by atoms with van der Waals surface area (Å²) in [5, 5.41) is 3.59. The number of carbonyl (C=O) groups excluding carboxylic acids is 2. The second-order valence-electron chi connectivity index (χ2n) is 12.6. The summed E-state index contributed by atoms with van der Waals surface area (Å²) in [6, 6.07) is 29.5. The first-order chi connectivity index (χ1) is 18.9. The van der Waals surface area contributed by atoms with Crippen LogP contribution in [0.4, 0.5) is 5.69 Å². The zero-order chi connectivity index (χ0) is 28.4. The normalized spacial score (nSPS) is 13.8. The smallest absolute Gasteiger partial charge is 0.265 e. The fraction of sp³-hybridized carbons (Fsp3) is 0.222. The molecule has 0 bridgehead atoms. The quantitative estimate of drug-likeness (QED) is 0.220. The molecule has 4 nitrogen and oxygen atoms in total. The van der Waals surface area contributed by atoms with Gasteiger partial charge in [-0.15, -0.1) is 0 Å². The molecule has 0 unspecified atom stereocenters. The predicted octanol–water partition coefficient (Wildman–Crippen LogP) is 9.18. The summed E-state index contributed by atoms with van der Waals surface area (Å²) >= 11 is 0. The van der Waals surface area contributed by atoms with Crippen molar-refractivity contribution in [1.82, 2.24) is 0 Å². The lowest BCUT2D eigenvalue weighted by Gasteiger charge is -2.33. The lowest BCUT2D eigenvalue weighted by molar-refractivity contribution is 0.0893. The Morgan fingerprint density at radius 3 is 2.02 bits per heavy atom. The number of hydrogen-bond donors (Lipinski definition) is 0. The highest BCUT2D eigenvalue weighted by Gasteiger charge is 2.37. The lowest BCUT2D eigenvalue weighted by atomic mass is 9.80. The van der Waals surface area contributed by atoms with E-state index in [0.717, 1.165) is 27.3 Å². The molecule has 0 saturated heterocycles. The molecule has 1 aliphatic heterocycles. The summed E-state index contributed by atoms with van der Waals surface area (Å²) < 4.78 is 6.34. The van der Waals surface area contributed by atoms with Crippen molar-refractivity contribution in [3.05, 3.63) is 113 Å². The van der Waals surface area contributed by atoms with Gasteiger partial charge in [0.15, 0.2) is 0 Å². The van der Waals surface area contributed by atoms with E-state index in [2.05, 4.69) is 59.7 Å². The second kappa shape index (κ2) is 9.06. The van der Waals surface area contributed by atoms with Gasteiger partial charge in [-0.05, 0) is 69.1 Å². The van der Waals surface area contributed by atoms with Crippen LogP contribution in [0.1, 0.15) is 73.4 Å². The Balaban J connectivity index is 1.48. The van der Waals surface area contributed by atoms with Crippen LogP contribution in [0.5, 0.6) is 11.5 Å². The van der Waals surface area contributed by atoms with Crippen molar-refractivity contribution in [2.75, 3.05) is 4.90 Å². The molecule has 0 atom stereocenters. The average molecular weight is 528 g/mol. The molecule has 1 aliphatic rings. The van der Waals surface area contributed by atoms with Gasteiger partial charge in [-0.25, -0.2) is 4.90 Å². The third kappa shape index (κ3) is 4.24. The number of carbonyl (C=O) groups is 2. The van der Waals surface area contributed by atoms with Crippen molar-refractivity contribution in [3.8, 4) is 11.5 Å². The minimum absolute atomic E-state index is 0.139. The van der Waals surface area contributed by atoms with Gasteiger partial charge in [-0.2, -0.15) is 0 Å². The Morgan fingerprint density at radius 2 is 1.32 bits per heavy atom. The molecule has 0 fully saturated rings. The highest BCUT2D eigenvalue weighted by molar-refractivity contribution is 6.36. The van der Waals surface area contributed by atoms with E-state index in [1.165, 1.54) is 4.90 Å². The van der Waals surface area contributed by atoms with Gasteiger partial charge in [-0.1, -0.05) is 96.1 Å². The molecule has 0 saturated carbocycles. The molecule has 1 heterocycles. The summed E-state index contributed by atoms with van der Waals surface area (Å²) in [4.78, 5) is 29.6. The zero-order valence-electron chi connectivity index (χ0n) is 23.8. The Kier molecular flexibility index (Phi) is 5.85. The molecule has 5 aromatic rings. The van der Waals surface area contributed by atoms with E-state index < -0.39 is 0 Å². The maximum Gasteiger partial charge on any atom is 0.265 e. The van der Waals surface area contributed by atoms with Gasteiger partial charge < -0.3 is 4.74 Å². The molecular formula is C36H33NO3. The Morgan fingerprint density at radius 1 is 0.625 bits per heavy atom. The fourth-order valence-electron chi connectivity index (χ4n) is 5.55. The number of hydrogen-bond acceptors (Lipinski definition) is 3. The minimum atomic E-state index is -0.317. The minimum Gasteiger partial charge on any atom is -0.457 e. The Hall–Kier alpha value is -4.44. The number of benzene rings is 5. The lowest BCUT2D eigenvalue weighted by Crippen LogP contribution is -2.42. The molecule has 0 aromatic heterocycles. The van der Waals surface area contributed by atoms with Crippen molar-refractivity contribution < 1.29 is 14.3 Å². The number of imide groups is 1. The first kappa shape index (κ1) is 25.8. The van der Waals surface area contributed by atoms with Crippen LogP contribution >= 0.6 is 0 Å². The van der Waals surface area contributed by atoms with Crippen molar-refractivity contribution in [3.63, 3.8) is 0 Å². The van der Waals surface area contributed by atoms with E-state index in [0.29, 0.717) is 33.7 Å². The number of fused-ring (bicyclic) bond motifs is 1. The molecule has 2 amide bonds. The van der Waals surface area contributed by atoms with Gasteiger partial charge in [-0.3, -0.25) is 9.59 Å². The van der Waals surface area contributed by atoms with Crippen LogP contribution in [-0.4, -0.2) is 11.8 Å². The topological polar surface area (TPSA) is 46.6 Å². The molecule has 0 N–H and O–H groups in total. The monoisotopic (exact) mass is 527 g/mol. The molecule has 0 radical (unpaired) electrons. The second-order valence-corrected chi connectivity index (χ2v) is 12.6. The Labute approximate surface area is 235 Å². The van der Waals surface area contributed by atoms with E-state index in [1.807, 2.05) is 60.7 Å². The van der Waals surface area contributed by atoms with E-state index >= 15 is 0 Å². The van der Waals surface area contributed by atoms with Crippen LogP contribution in [0.3, 0.4) is 0 Å². The molecular weight excluding hydrogens is 494 g/mol. The SMILES string of the molecule is CC(C)(C)c1ccc(C(C)(C)C)c(N2C(=O)c3cccc4c(Oc5ccc6ccccc6c5)ccc(c34)C2=O)c1. The van der Waals surface area contributed by atoms with Crippen molar-refractivity contribution in [1.29, 1.82) is 0 Å². The first-order valence-electron chi connectivity index (χ1n) is 13.7. The number of amides is 2. The maximum atomic E-state index is 14.1. The molecule has 0 spiro atoms. The molecule has 5 aromatic carbocycles. The van der Waals surface area contributed by atoms with Crippen LogP contribution < -0.4 is 9.64 Å². The van der Waals surface area contributed by atoms with Gasteiger partial charge >= 0.3 is 0 Å². The number of ether oxygens (including phenoxy) is 1. The third-order valence-corrected chi connectivity index (χ3v) is 7.73. The summed E-state index contributed by atoms with van der Waals surface area (Å²) in [5.74, 6) is 0.670. The van der Waals surface area contributed by atoms with E-state index in [1.54, 1.807) is 12.1 Å². The number of anilines is 1. The number of nitrogens with zero attached hydrogens (tertiary/aromatic N) is 1. The van der Waals surface area contributed by atoms with Crippen LogP contribution in [0, 0.1) is 0 Å². The van der Waals surface area contributed by atoms with Gasteiger partial charge in [0.2, 0.25) is 0 Å². The van der Waals surface area contributed by atoms with Crippen molar-refractivity contribution in [2.45, 2.75) is 52.4 Å². The van der Waals surface area contributed by atoms with Gasteiger partial charge in [0.1, 0.15) is 11.5 Å². The summed E-state index contributed by atoms with van der Waals surface area (Å²) in [6.07, 6.45) is 0. The first-order valence-corrected chi connectivity index (χ1v) is 13.7. The highest BCUT2D eigenvalue weighted by Crippen LogP contribution is 2.42. The molecule has 6 rings (SSSR count). The van der Waals surface area contributed by atoms with Crippen LogP contribution in [0.2, 0.25) is 0 Å². The average Bonchev–Trinajstić information content (AvgIpc) is 2.91. The van der Waals surface area contributed by atoms with Crippen molar-refractivity contribution >= 4 is 39.0 Å². The largest absolute Gasteiger partial charge is 0.457 e. The standard InChI is InChI=1S/C36H33NO3/c1-35(2,3)24-15-18-29(36(4,5)6)30(21-24)37-33(38)27-13-9-12-26-31(19-17-28(32(26)27)34(37)39)40-25-16-14-22-10-7-8-11-23(22)20-25/h7-21H,1-6H3. The maximum absolute atomic E-state index is 14.1. The van der Waals surface area contributed by atoms with Gasteiger partial charge in [0, 0.05) is 21.9 Å². The Bertz CT molecular complexity index is 1810. The van der Waals surface area contributed by atoms with Gasteiger partial charge in [0.25, 0.3) is 11.8 Å². The molecule has 40 heavy (non-hydrogen) atoms. The fourth-order valence-corrected chi connectivity index (χ4v) is 5.55. The van der Waals surface area contributed by atoms with Crippen LogP contribution in [0.15, 0.2) is 91.0 Å². The molecule has 0 aliphatic carbocycles. The van der Waals surface area contributed by atoms with Crippen molar-refractivity contribution in [2.24, 2.45) is 0 Å². The van der Waals surface area contributed by atoms with Crippen LogP contribution in [0.25, 0.3) is 21.5 Å². The summed E-state index contributed by atoms with van der Waals surface area (Å²) in [5.41, 5.74) is 3.26. The summed E-state index contributed by atoms with van der Waals surface area (Å²) in [6.45, 7) is 12.7. The molecule has 200 valence electrons.